The van der Waals surface area contributed by atoms with Gasteiger partial charge in [0.1, 0.15) is 5.54 Å². The first kappa shape index (κ1) is 26.3. The molecule has 7 rings (SSSR count). The number of fused-ring (bicyclic) bond motifs is 1. The Balaban J connectivity index is 1.06. The van der Waals surface area contributed by atoms with Gasteiger partial charge in [-0.3, -0.25) is 9.59 Å². The van der Waals surface area contributed by atoms with Crippen LogP contribution < -0.4 is 5.73 Å². The molecule has 11 heteroatoms. The van der Waals surface area contributed by atoms with E-state index in [0.717, 1.165) is 38.5 Å². The van der Waals surface area contributed by atoms with E-state index in [1.54, 1.807) is 18.2 Å². The molecule has 1 aromatic carbocycles. The summed E-state index contributed by atoms with van der Waals surface area (Å²) < 4.78 is 31.9. The Bertz CT molecular complexity index is 1160. The van der Waals surface area contributed by atoms with Gasteiger partial charge in [0, 0.05) is 11.8 Å². The maximum atomic E-state index is 15.8. The molecule has 6 aliphatic rings. The molecular weight excluding hydrogens is 540 g/mol. The van der Waals surface area contributed by atoms with Crippen LogP contribution in [0.4, 0.5) is 4.39 Å². The van der Waals surface area contributed by atoms with E-state index >= 15 is 4.39 Å². The molecule has 6 saturated carbocycles. The highest BCUT2D eigenvalue weighted by Gasteiger charge is 2.85. The molecule has 38 heavy (non-hydrogen) atoms. The Morgan fingerprint density at radius 1 is 0.974 bits per heavy atom. The Labute approximate surface area is 229 Å². The third-order valence-electron chi connectivity index (χ3n) is 9.77. The number of carbonyl (C=O) groups is 3. The topological polar surface area (TPSA) is 125 Å². The summed E-state index contributed by atoms with van der Waals surface area (Å²) in [5, 5.41) is 10.6. The molecular formula is C27H30Cl2FNO7. The Morgan fingerprint density at radius 3 is 2.16 bits per heavy atom. The molecule has 4 bridgehead atoms. The number of rotatable bonds is 8. The van der Waals surface area contributed by atoms with Crippen LogP contribution in [0.1, 0.15) is 50.5 Å². The van der Waals surface area contributed by atoms with Crippen LogP contribution in [0.15, 0.2) is 18.2 Å². The monoisotopic (exact) mass is 569 g/mol. The fourth-order valence-electron chi connectivity index (χ4n) is 8.38. The first-order chi connectivity index (χ1) is 18.0. The number of hydrogen-bond donors (Lipinski definition) is 2. The van der Waals surface area contributed by atoms with Crippen LogP contribution in [0.5, 0.6) is 0 Å². The zero-order chi connectivity index (χ0) is 27.0. The number of nitrogens with two attached hydrogens (primary N) is 1. The summed E-state index contributed by atoms with van der Waals surface area (Å²) in [6.45, 7) is -0.719. The lowest BCUT2D eigenvalue weighted by Gasteiger charge is -2.55. The lowest BCUT2D eigenvalue weighted by atomic mass is 9.49. The minimum Gasteiger partial charge on any atom is -0.480 e. The zero-order valence-corrected chi connectivity index (χ0v) is 22.2. The molecule has 0 heterocycles. The fourth-order valence-corrected chi connectivity index (χ4v) is 8.70. The van der Waals surface area contributed by atoms with Crippen LogP contribution in [0.25, 0.3) is 0 Å². The summed E-state index contributed by atoms with van der Waals surface area (Å²) >= 11 is 11.9. The summed E-state index contributed by atoms with van der Waals surface area (Å²) in [5.74, 6) is -3.80. The smallest absolute Gasteiger partial charge is 0.347 e. The van der Waals surface area contributed by atoms with E-state index < -0.39 is 53.3 Å². The quantitative estimate of drug-likeness (QED) is 0.351. The van der Waals surface area contributed by atoms with Crippen LogP contribution in [0.3, 0.4) is 0 Å². The number of carboxylic acid groups (broad SMARTS) is 1. The molecule has 6 aliphatic carbocycles. The van der Waals surface area contributed by atoms with E-state index in [9.17, 15) is 19.5 Å². The third-order valence-corrected chi connectivity index (χ3v) is 10.5. The number of alkyl halides is 1. The number of esters is 2. The minimum absolute atomic E-state index is 0.0166. The highest BCUT2D eigenvalue weighted by Crippen LogP contribution is 2.67. The summed E-state index contributed by atoms with van der Waals surface area (Å²) in [6, 6.07) is 4.84. The van der Waals surface area contributed by atoms with Gasteiger partial charge in [0.25, 0.3) is 0 Å². The second kappa shape index (κ2) is 9.04. The van der Waals surface area contributed by atoms with Crippen molar-refractivity contribution in [2.24, 2.45) is 40.7 Å². The molecule has 0 unspecified atom stereocenters. The van der Waals surface area contributed by atoms with Gasteiger partial charge in [-0.15, -0.1) is 0 Å². The van der Waals surface area contributed by atoms with Crippen molar-refractivity contribution >= 4 is 41.1 Å². The molecule has 3 N–H and O–H groups in total. The van der Waals surface area contributed by atoms with Crippen LogP contribution in [0.2, 0.25) is 10.0 Å². The van der Waals surface area contributed by atoms with Crippen molar-refractivity contribution in [3.63, 3.8) is 0 Å². The van der Waals surface area contributed by atoms with Gasteiger partial charge in [-0.1, -0.05) is 29.3 Å². The minimum atomic E-state index is -2.58. The van der Waals surface area contributed by atoms with Crippen molar-refractivity contribution in [3.8, 4) is 0 Å². The van der Waals surface area contributed by atoms with Gasteiger partial charge in [0.15, 0.2) is 0 Å². The van der Waals surface area contributed by atoms with Gasteiger partial charge in [0.2, 0.25) is 12.5 Å². The lowest BCUT2D eigenvalue weighted by Crippen LogP contribution is -2.60. The largest absolute Gasteiger partial charge is 0.480 e. The van der Waals surface area contributed by atoms with Gasteiger partial charge < -0.3 is 25.1 Å². The number of aliphatic carboxylic acids is 1. The second-order valence-corrected chi connectivity index (χ2v) is 12.9. The lowest BCUT2D eigenvalue weighted by molar-refractivity contribution is -0.189. The highest BCUT2D eigenvalue weighted by atomic mass is 35.5. The van der Waals surface area contributed by atoms with Crippen molar-refractivity contribution in [2.45, 2.75) is 68.9 Å². The summed E-state index contributed by atoms with van der Waals surface area (Å²) in [5.41, 5.74) is 1.60. The number of hydrogen-bond acceptors (Lipinski definition) is 7. The van der Waals surface area contributed by atoms with E-state index in [4.69, 9.17) is 43.1 Å². The van der Waals surface area contributed by atoms with Gasteiger partial charge in [-0.2, -0.15) is 0 Å². The van der Waals surface area contributed by atoms with Gasteiger partial charge in [0.05, 0.1) is 28.2 Å². The molecule has 0 aromatic heterocycles. The van der Waals surface area contributed by atoms with E-state index in [1.165, 1.54) is 0 Å². The molecule has 0 spiro atoms. The van der Waals surface area contributed by atoms with Crippen LogP contribution >= 0.6 is 23.2 Å². The average Bonchev–Trinajstić information content (AvgIpc) is 3.33. The first-order valence-corrected chi connectivity index (χ1v) is 13.8. The first-order valence-electron chi connectivity index (χ1n) is 13.1. The predicted octanol–water partition coefficient (Wildman–Crippen LogP) is 4.28. The van der Waals surface area contributed by atoms with Crippen LogP contribution in [-0.2, 0) is 35.2 Å². The Morgan fingerprint density at radius 2 is 1.58 bits per heavy atom. The Hall–Kier alpha value is -1.94. The third kappa shape index (κ3) is 3.95. The van der Waals surface area contributed by atoms with E-state index in [2.05, 4.69) is 0 Å². The van der Waals surface area contributed by atoms with E-state index in [1.807, 2.05) is 0 Å². The molecule has 0 saturated heterocycles. The fraction of sp³-hybridized carbons (Fsp3) is 0.667. The molecule has 0 aliphatic heterocycles. The Kier molecular flexibility index (Phi) is 6.26. The molecule has 1 aromatic rings. The van der Waals surface area contributed by atoms with Crippen molar-refractivity contribution < 1.29 is 38.1 Å². The van der Waals surface area contributed by atoms with E-state index in [0.29, 0.717) is 33.4 Å². The van der Waals surface area contributed by atoms with Crippen LogP contribution in [-0.4, -0.2) is 47.1 Å². The maximum Gasteiger partial charge on any atom is 0.347 e. The summed E-state index contributed by atoms with van der Waals surface area (Å²) in [4.78, 5) is 37.9. The maximum absolute atomic E-state index is 15.8. The molecule has 5 atom stereocenters. The number of halogens is 3. The van der Waals surface area contributed by atoms with Crippen molar-refractivity contribution in [1.82, 2.24) is 0 Å². The van der Waals surface area contributed by atoms with Gasteiger partial charge in [-0.25, -0.2) is 9.18 Å². The predicted molar refractivity (Wildman–Crippen MR) is 133 cm³/mol. The molecule has 0 amide bonds. The average molecular weight is 570 g/mol. The van der Waals surface area contributed by atoms with Gasteiger partial charge in [-0.05, 0) is 80.4 Å². The SMILES string of the molecule is N[C@]1(C(=O)O)[C@H]2[C@@H](C[C@H]1OCc1ccc(Cl)c(Cl)c1)[C@]2(F)C(=O)OCOC(=O)C12CC3CC(CC(C3)C1)C2. The normalized spacial score (nSPS) is 42.0. The molecule has 8 nitrogen and oxygen atoms in total. The van der Waals surface area contributed by atoms with E-state index in [-0.39, 0.29) is 19.0 Å². The molecule has 0 radical (unpaired) electrons. The number of ether oxygens (including phenoxy) is 3. The van der Waals surface area contributed by atoms with Crippen LogP contribution in [0, 0.1) is 35.0 Å². The van der Waals surface area contributed by atoms with Crippen molar-refractivity contribution in [1.29, 1.82) is 0 Å². The summed E-state index contributed by atoms with van der Waals surface area (Å²) in [7, 11) is 0. The number of carboxylic acids is 1. The highest BCUT2D eigenvalue weighted by molar-refractivity contribution is 6.42. The van der Waals surface area contributed by atoms with Crippen molar-refractivity contribution in [3.05, 3.63) is 33.8 Å². The summed E-state index contributed by atoms with van der Waals surface area (Å²) in [6.07, 6.45) is 4.76. The second-order valence-electron chi connectivity index (χ2n) is 12.1. The molecule has 206 valence electrons. The van der Waals surface area contributed by atoms with Crippen molar-refractivity contribution in [2.75, 3.05) is 6.79 Å². The number of carbonyl (C=O) groups excluding carboxylic acids is 2. The standard InChI is InChI=1S/C27H30Cl2FNO7/c28-18-2-1-13(6-19(18)29)11-36-20-7-17-21(27(20,31)22(32)33)26(17,30)24(35)38-12-37-23(34)25-8-14-3-15(9-25)5-16(4-14)10-25/h1-2,6,14-17,20-21H,3-5,7-12,31H2,(H,32,33)/t14?,15?,16?,17-,20-,21+,25?,26-,27+/m1/s1. The zero-order valence-electron chi connectivity index (χ0n) is 20.7. The number of benzene rings is 1. The molecule has 6 fully saturated rings. The van der Waals surface area contributed by atoms with Gasteiger partial charge >= 0.3 is 17.9 Å².